The van der Waals surface area contributed by atoms with Crippen molar-refractivity contribution in [2.45, 2.75) is 44.2 Å². The average Bonchev–Trinajstić information content (AvgIpc) is 2.92. The van der Waals surface area contributed by atoms with E-state index in [1.54, 1.807) is 0 Å². The molecule has 3 rings (SSSR count). The lowest BCUT2D eigenvalue weighted by Gasteiger charge is -2.15. The minimum Gasteiger partial charge on any atom is -0.393 e. The Kier molecular flexibility index (Phi) is 3.60. The molecule has 0 bridgehead atoms. The summed E-state index contributed by atoms with van der Waals surface area (Å²) in [5, 5.41) is 14.0. The fraction of sp³-hybridized carbons (Fsp3) is 0.600. The molecule has 0 radical (unpaired) electrons. The second kappa shape index (κ2) is 5.20. The summed E-state index contributed by atoms with van der Waals surface area (Å²) in [5.74, 6) is 0.660. The highest BCUT2D eigenvalue weighted by molar-refractivity contribution is 6.30. The third-order valence-corrected chi connectivity index (χ3v) is 4.54. The van der Waals surface area contributed by atoms with Gasteiger partial charge in [-0.25, -0.2) is 0 Å². The molecule has 0 amide bonds. The SMILES string of the molecule is OC1CCC(CNC2Cc3ccc(Cl)cc3C2)C1. The average molecular weight is 266 g/mol. The van der Waals surface area contributed by atoms with Crippen LogP contribution in [0.3, 0.4) is 0 Å². The number of hydrogen-bond donors (Lipinski definition) is 2. The number of hydrogen-bond acceptors (Lipinski definition) is 2. The van der Waals surface area contributed by atoms with Gasteiger partial charge in [-0.2, -0.15) is 0 Å². The maximum Gasteiger partial charge on any atom is 0.0543 e. The summed E-state index contributed by atoms with van der Waals surface area (Å²) in [6, 6.07) is 6.78. The quantitative estimate of drug-likeness (QED) is 0.880. The van der Waals surface area contributed by atoms with Gasteiger partial charge in [-0.05, 0) is 67.8 Å². The van der Waals surface area contributed by atoms with Crippen LogP contribution in [-0.2, 0) is 12.8 Å². The molecule has 3 atom stereocenters. The summed E-state index contributed by atoms with van der Waals surface area (Å²) < 4.78 is 0. The minimum absolute atomic E-state index is 0.0589. The van der Waals surface area contributed by atoms with Crippen LogP contribution in [-0.4, -0.2) is 23.8 Å². The van der Waals surface area contributed by atoms with Crippen LogP contribution in [0.15, 0.2) is 18.2 Å². The molecule has 0 aromatic heterocycles. The van der Waals surface area contributed by atoms with E-state index in [4.69, 9.17) is 11.6 Å². The van der Waals surface area contributed by atoms with Crippen molar-refractivity contribution in [3.05, 3.63) is 34.3 Å². The van der Waals surface area contributed by atoms with Gasteiger partial charge in [-0.15, -0.1) is 0 Å². The molecule has 1 saturated carbocycles. The Morgan fingerprint density at radius 2 is 2.06 bits per heavy atom. The van der Waals surface area contributed by atoms with E-state index in [2.05, 4.69) is 17.4 Å². The Bertz CT molecular complexity index is 435. The molecule has 1 fully saturated rings. The van der Waals surface area contributed by atoms with E-state index in [1.165, 1.54) is 17.5 Å². The number of aliphatic hydroxyl groups is 1. The Balaban J connectivity index is 1.52. The molecule has 2 N–H and O–H groups in total. The Labute approximate surface area is 113 Å². The maximum absolute atomic E-state index is 9.52. The van der Waals surface area contributed by atoms with E-state index in [-0.39, 0.29) is 6.10 Å². The standard InChI is InChI=1S/C15H20ClNO/c16-13-3-2-11-7-14(8-12(11)6-13)17-9-10-1-4-15(18)5-10/h2-3,6,10,14-15,17-18H,1,4-5,7-9H2. The lowest BCUT2D eigenvalue weighted by molar-refractivity contribution is 0.177. The molecular formula is C15H20ClNO. The molecule has 0 spiro atoms. The van der Waals surface area contributed by atoms with Crippen molar-refractivity contribution in [1.29, 1.82) is 0 Å². The van der Waals surface area contributed by atoms with Gasteiger partial charge in [0.05, 0.1) is 6.10 Å². The van der Waals surface area contributed by atoms with E-state index < -0.39 is 0 Å². The molecular weight excluding hydrogens is 246 g/mol. The summed E-state index contributed by atoms with van der Waals surface area (Å²) in [4.78, 5) is 0. The predicted molar refractivity (Wildman–Crippen MR) is 74.0 cm³/mol. The van der Waals surface area contributed by atoms with Crippen molar-refractivity contribution >= 4 is 11.6 Å². The first-order chi connectivity index (χ1) is 8.70. The first-order valence-corrected chi connectivity index (χ1v) is 7.27. The number of fused-ring (bicyclic) bond motifs is 1. The molecule has 2 nitrogen and oxygen atoms in total. The smallest absolute Gasteiger partial charge is 0.0543 e. The van der Waals surface area contributed by atoms with E-state index in [1.807, 2.05) is 6.07 Å². The summed E-state index contributed by atoms with van der Waals surface area (Å²) in [6.07, 6.45) is 5.26. The van der Waals surface area contributed by atoms with Crippen LogP contribution in [0, 0.1) is 5.92 Å². The van der Waals surface area contributed by atoms with Crippen molar-refractivity contribution in [3.8, 4) is 0 Å². The minimum atomic E-state index is -0.0589. The van der Waals surface area contributed by atoms with E-state index in [9.17, 15) is 5.11 Å². The lowest BCUT2D eigenvalue weighted by atomic mass is 10.1. The molecule has 0 saturated heterocycles. The van der Waals surface area contributed by atoms with Gasteiger partial charge in [0.15, 0.2) is 0 Å². The largest absolute Gasteiger partial charge is 0.393 e. The van der Waals surface area contributed by atoms with Crippen LogP contribution in [0.4, 0.5) is 0 Å². The molecule has 3 unspecified atom stereocenters. The summed E-state index contributed by atoms with van der Waals surface area (Å²) in [6.45, 7) is 1.05. The highest BCUT2D eigenvalue weighted by Gasteiger charge is 2.25. The third kappa shape index (κ3) is 2.71. The Hall–Kier alpha value is -0.570. The van der Waals surface area contributed by atoms with Crippen molar-refractivity contribution in [2.24, 2.45) is 5.92 Å². The van der Waals surface area contributed by atoms with Gasteiger partial charge in [0.25, 0.3) is 0 Å². The van der Waals surface area contributed by atoms with Crippen molar-refractivity contribution < 1.29 is 5.11 Å². The van der Waals surface area contributed by atoms with Gasteiger partial charge in [0, 0.05) is 11.1 Å². The maximum atomic E-state index is 9.52. The van der Waals surface area contributed by atoms with Gasteiger partial charge in [0.1, 0.15) is 0 Å². The normalized spacial score (nSPS) is 30.7. The molecule has 2 aliphatic carbocycles. The summed E-state index contributed by atoms with van der Waals surface area (Å²) in [5.41, 5.74) is 2.83. The molecule has 98 valence electrons. The second-order valence-corrected chi connectivity index (χ2v) is 6.20. The van der Waals surface area contributed by atoms with Gasteiger partial charge in [-0.1, -0.05) is 17.7 Å². The third-order valence-electron chi connectivity index (χ3n) is 4.31. The molecule has 1 aromatic carbocycles. The van der Waals surface area contributed by atoms with Crippen LogP contribution in [0.5, 0.6) is 0 Å². The number of halogens is 1. The fourth-order valence-corrected chi connectivity index (χ4v) is 3.49. The molecule has 3 heteroatoms. The number of aliphatic hydroxyl groups excluding tert-OH is 1. The molecule has 2 aliphatic rings. The lowest BCUT2D eigenvalue weighted by Crippen LogP contribution is -2.33. The zero-order valence-electron chi connectivity index (χ0n) is 10.5. The van der Waals surface area contributed by atoms with Crippen molar-refractivity contribution in [3.63, 3.8) is 0 Å². The summed E-state index contributed by atoms with van der Waals surface area (Å²) in [7, 11) is 0. The molecule has 18 heavy (non-hydrogen) atoms. The van der Waals surface area contributed by atoms with Gasteiger partial charge >= 0.3 is 0 Å². The van der Waals surface area contributed by atoms with E-state index in [0.29, 0.717) is 12.0 Å². The number of benzene rings is 1. The van der Waals surface area contributed by atoms with Crippen molar-refractivity contribution in [2.75, 3.05) is 6.54 Å². The number of rotatable bonds is 3. The van der Waals surface area contributed by atoms with Crippen molar-refractivity contribution in [1.82, 2.24) is 5.32 Å². The molecule has 0 heterocycles. The van der Waals surface area contributed by atoms with E-state index >= 15 is 0 Å². The van der Waals surface area contributed by atoms with Gasteiger partial charge in [-0.3, -0.25) is 0 Å². The zero-order chi connectivity index (χ0) is 12.5. The van der Waals surface area contributed by atoms with Gasteiger partial charge in [0.2, 0.25) is 0 Å². The highest BCUT2D eigenvalue weighted by Crippen LogP contribution is 2.27. The predicted octanol–water partition coefficient (Wildman–Crippen LogP) is 2.56. The number of nitrogens with one attached hydrogen (secondary N) is 1. The topological polar surface area (TPSA) is 32.3 Å². The Morgan fingerprint density at radius 1 is 1.22 bits per heavy atom. The van der Waals surface area contributed by atoms with Crippen LogP contribution in [0.25, 0.3) is 0 Å². The van der Waals surface area contributed by atoms with E-state index in [0.717, 1.165) is 37.3 Å². The monoisotopic (exact) mass is 265 g/mol. The van der Waals surface area contributed by atoms with Gasteiger partial charge < -0.3 is 10.4 Å². The summed E-state index contributed by atoms with van der Waals surface area (Å²) >= 11 is 6.02. The van der Waals surface area contributed by atoms with Crippen LogP contribution in [0.2, 0.25) is 5.02 Å². The second-order valence-electron chi connectivity index (χ2n) is 5.76. The Morgan fingerprint density at radius 3 is 2.83 bits per heavy atom. The first kappa shape index (κ1) is 12.5. The fourth-order valence-electron chi connectivity index (χ4n) is 3.30. The first-order valence-electron chi connectivity index (χ1n) is 6.89. The van der Waals surface area contributed by atoms with Crippen LogP contribution in [0.1, 0.15) is 30.4 Å². The highest BCUT2D eigenvalue weighted by atomic mass is 35.5. The zero-order valence-corrected chi connectivity index (χ0v) is 11.3. The van der Waals surface area contributed by atoms with Crippen LogP contribution >= 0.6 is 11.6 Å². The molecule has 0 aliphatic heterocycles. The van der Waals surface area contributed by atoms with Crippen LogP contribution < -0.4 is 5.32 Å². The molecule has 1 aromatic rings.